The van der Waals surface area contributed by atoms with E-state index in [9.17, 15) is 4.79 Å². The summed E-state index contributed by atoms with van der Waals surface area (Å²) in [6.07, 6.45) is 2.05. The maximum atomic E-state index is 11.2. The molecule has 0 fully saturated rings. The lowest BCUT2D eigenvalue weighted by Crippen LogP contribution is -2.10. The number of carbonyl (C=O) groups is 1. The third-order valence-corrected chi connectivity index (χ3v) is 4.01. The van der Waals surface area contributed by atoms with Crippen molar-refractivity contribution in [2.45, 2.75) is 13.5 Å². The van der Waals surface area contributed by atoms with Gasteiger partial charge in [-0.25, -0.2) is 0 Å². The predicted octanol–water partition coefficient (Wildman–Crippen LogP) is 3.66. The SMILES string of the molecule is CCn1cc(-c2ccc(C(N)=O)cc2)c2cc(Cl)cc(N)c21. The zero-order valence-electron chi connectivity index (χ0n) is 12.1. The summed E-state index contributed by atoms with van der Waals surface area (Å²) in [5.74, 6) is -0.435. The zero-order valence-corrected chi connectivity index (χ0v) is 12.9. The molecule has 0 saturated heterocycles. The minimum atomic E-state index is -0.435. The number of aryl methyl sites for hydroxylation is 1. The van der Waals surface area contributed by atoms with Crippen molar-refractivity contribution in [2.24, 2.45) is 5.73 Å². The number of primary amides is 1. The number of carbonyl (C=O) groups excluding carboxylic acids is 1. The van der Waals surface area contributed by atoms with Crippen LogP contribution in [0.15, 0.2) is 42.6 Å². The fourth-order valence-corrected chi connectivity index (χ4v) is 2.96. The molecule has 2 aromatic carbocycles. The fraction of sp³-hybridized carbons (Fsp3) is 0.118. The largest absolute Gasteiger partial charge is 0.397 e. The molecule has 5 heteroatoms. The lowest BCUT2D eigenvalue weighted by Gasteiger charge is -2.04. The number of anilines is 1. The standard InChI is InChI=1S/C17H16ClN3O/c1-2-21-9-14(10-3-5-11(6-4-10)17(20)22)13-7-12(18)8-15(19)16(13)21/h3-9H,2,19H2,1H3,(H2,20,22). The van der Waals surface area contributed by atoms with Crippen LogP contribution in [0.5, 0.6) is 0 Å². The highest BCUT2D eigenvalue weighted by Gasteiger charge is 2.13. The summed E-state index contributed by atoms with van der Waals surface area (Å²) >= 11 is 6.15. The first-order valence-corrected chi connectivity index (χ1v) is 7.37. The topological polar surface area (TPSA) is 74.0 Å². The van der Waals surface area contributed by atoms with Gasteiger partial charge in [-0.3, -0.25) is 4.79 Å². The van der Waals surface area contributed by atoms with E-state index >= 15 is 0 Å². The Hall–Kier alpha value is -2.46. The monoisotopic (exact) mass is 313 g/mol. The molecule has 0 bridgehead atoms. The van der Waals surface area contributed by atoms with Gasteiger partial charge in [-0.05, 0) is 36.8 Å². The van der Waals surface area contributed by atoms with E-state index in [2.05, 4.69) is 17.7 Å². The Morgan fingerprint density at radius 1 is 1.23 bits per heavy atom. The van der Waals surface area contributed by atoms with Crippen molar-refractivity contribution < 1.29 is 4.79 Å². The molecule has 1 amide bonds. The van der Waals surface area contributed by atoms with Gasteiger partial charge in [0.1, 0.15) is 0 Å². The van der Waals surface area contributed by atoms with Crippen molar-refractivity contribution in [3.05, 3.63) is 53.2 Å². The molecule has 0 unspecified atom stereocenters. The van der Waals surface area contributed by atoms with Gasteiger partial charge >= 0.3 is 0 Å². The van der Waals surface area contributed by atoms with Crippen LogP contribution in [0.2, 0.25) is 5.02 Å². The Balaban J connectivity index is 2.24. The molecule has 4 N–H and O–H groups in total. The number of benzene rings is 2. The number of fused-ring (bicyclic) bond motifs is 1. The van der Waals surface area contributed by atoms with Crippen molar-refractivity contribution in [3.63, 3.8) is 0 Å². The molecule has 0 aliphatic carbocycles. The summed E-state index contributed by atoms with van der Waals surface area (Å²) < 4.78 is 2.10. The number of aromatic nitrogens is 1. The molecule has 0 radical (unpaired) electrons. The first kappa shape index (κ1) is 14.5. The quantitative estimate of drug-likeness (QED) is 0.724. The summed E-state index contributed by atoms with van der Waals surface area (Å²) in [7, 11) is 0. The maximum absolute atomic E-state index is 11.2. The van der Waals surface area contributed by atoms with Gasteiger partial charge in [0, 0.05) is 34.3 Å². The maximum Gasteiger partial charge on any atom is 0.248 e. The Kier molecular flexibility index (Phi) is 3.54. The van der Waals surface area contributed by atoms with E-state index in [1.165, 1.54) is 0 Å². The van der Waals surface area contributed by atoms with Gasteiger partial charge in [-0.1, -0.05) is 23.7 Å². The summed E-state index contributed by atoms with van der Waals surface area (Å²) in [6.45, 7) is 2.87. The molecule has 3 rings (SSSR count). The molecule has 0 aliphatic rings. The van der Waals surface area contributed by atoms with E-state index < -0.39 is 5.91 Å². The van der Waals surface area contributed by atoms with Crippen molar-refractivity contribution in [1.29, 1.82) is 0 Å². The fourth-order valence-electron chi connectivity index (χ4n) is 2.73. The van der Waals surface area contributed by atoms with E-state index in [1.807, 2.05) is 18.2 Å². The van der Waals surface area contributed by atoms with Gasteiger partial charge in [0.05, 0.1) is 11.2 Å². The van der Waals surface area contributed by atoms with E-state index in [-0.39, 0.29) is 0 Å². The summed E-state index contributed by atoms with van der Waals surface area (Å²) in [5, 5.41) is 1.60. The normalized spacial score (nSPS) is 11.0. The zero-order chi connectivity index (χ0) is 15.9. The van der Waals surface area contributed by atoms with Crippen LogP contribution in [0.25, 0.3) is 22.0 Å². The van der Waals surface area contributed by atoms with Gasteiger partial charge in [-0.2, -0.15) is 0 Å². The minimum absolute atomic E-state index is 0.435. The highest BCUT2D eigenvalue weighted by molar-refractivity contribution is 6.32. The van der Waals surface area contributed by atoms with Crippen LogP contribution in [0, 0.1) is 0 Å². The van der Waals surface area contributed by atoms with Gasteiger partial charge in [0.25, 0.3) is 0 Å². The third-order valence-electron chi connectivity index (χ3n) is 3.79. The van der Waals surface area contributed by atoms with Gasteiger partial charge in [0.2, 0.25) is 5.91 Å². The van der Waals surface area contributed by atoms with E-state index in [4.69, 9.17) is 23.1 Å². The van der Waals surface area contributed by atoms with Gasteiger partial charge in [0.15, 0.2) is 0 Å². The highest BCUT2D eigenvalue weighted by atomic mass is 35.5. The molecule has 3 aromatic rings. The molecular formula is C17H16ClN3O. The molecular weight excluding hydrogens is 298 g/mol. The van der Waals surface area contributed by atoms with Crippen molar-refractivity contribution >= 4 is 34.1 Å². The summed E-state index contributed by atoms with van der Waals surface area (Å²) in [5.41, 5.74) is 15.5. The lowest BCUT2D eigenvalue weighted by molar-refractivity contribution is 0.100. The molecule has 0 spiro atoms. The second kappa shape index (κ2) is 5.39. The smallest absolute Gasteiger partial charge is 0.248 e. The summed E-state index contributed by atoms with van der Waals surface area (Å²) in [4.78, 5) is 11.2. The third kappa shape index (κ3) is 2.31. The van der Waals surface area contributed by atoms with Gasteiger partial charge in [-0.15, -0.1) is 0 Å². The molecule has 1 heterocycles. The van der Waals surface area contributed by atoms with Crippen LogP contribution in [0.4, 0.5) is 5.69 Å². The average Bonchev–Trinajstić information content (AvgIpc) is 2.86. The van der Waals surface area contributed by atoms with Crippen molar-refractivity contribution in [2.75, 3.05) is 5.73 Å². The van der Waals surface area contributed by atoms with Crippen LogP contribution >= 0.6 is 11.6 Å². The minimum Gasteiger partial charge on any atom is -0.397 e. The molecule has 1 aromatic heterocycles. The molecule has 0 aliphatic heterocycles. The molecule has 0 saturated carbocycles. The second-order valence-corrected chi connectivity index (χ2v) is 5.60. The van der Waals surface area contributed by atoms with Crippen molar-refractivity contribution in [1.82, 2.24) is 4.57 Å². The van der Waals surface area contributed by atoms with Crippen LogP contribution in [0.3, 0.4) is 0 Å². The number of nitrogens with two attached hydrogens (primary N) is 2. The Morgan fingerprint density at radius 2 is 1.91 bits per heavy atom. The number of rotatable bonds is 3. The van der Waals surface area contributed by atoms with E-state index in [0.29, 0.717) is 16.3 Å². The van der Waals surface area contributed by atoms with E-state index in [1.54, 1.807) is 18.2 Å². The first-order valence-electron chi connectivity index (χ1n) is 6.99. The Morgan fingerprint density at radius 3 is 2.50 bits per heavy atom. The summed E-state index contributed by atoms with van der Waals surface area (Å²) in [6, 6.07) is 10.9. The number of nitrogen functional groups attached to an aromatic ring is 1. The van der Waals surface area contributed by atoms with Crippen molar-refractivity contribution in [3.8, 4) is 11.1 Å². The lowest BCUT2D eigenvalue weighted by atomic mass is 10.0. The number of hydrogen-bond acceptors (Lipinski definition) is 2. The predicted molar refractivity (Wildman–Crippen MR) is 91.0 cm³/mol. The van der Waals surface area contributed by atoms with E-state index in [0.717, 1.165) is 28.6 Å². The molecule has 22 heavy (non-hydrogen) atoms. The van der Waals surface area contributed by atoms with Crippen LogP contribution in [0.1, 0.15) is 17.3 Å². The van der Waals surface area contributed by atoms with Crippen LogP contribution < -0.4 is 11.5 Å². The highest BCUT2D eigenvalue weighted by Crippen LogP contribution is 2.36. The number of amides is 1. The Bertz CT molecular complexity index is 866. The van der Waals surface area contributed by atoms with Crippen LogP contribution in [-0.2, 0) is 6.54 Å². The molecule has 4 nitrogen and oxygen atoms in total. The second-order valence-electron chi connectivity index (χ2n) is 5.16. The average molecular weight is 314 g/mol. The number of halogens is 1. The number of nitrogens with zero attached hydrogens (tertiary/aromatic N) is 1. The first-order chi connectivity index (χ1) is 10.5. The number of hydrogen-bond donors (Lipinski definition) is 2. The molecule has 112 valence electrons. The van der Waals surface area contributed by atoms with Gasteiger partial charge < -0.3 is 16.0 Å². The molecule has 0 atom stereocenters. The Labute approximate surface area is 133 Å². The van der Waals surface area contributed by atoms with Crippen LogP contribution in [-0.4, -0.2) is 10.5 Å².